The molecule has 3 saturated carbocycles. The Balaban J connectivity index is 1.17. The van der Waals surface area contributed by atoms with Gasteiger partial charge in [-0.2, -0.15) is 0 Å². The van der Waals surface area contributed by atoms with Gasteiger partial charge in [-0.3, -0.25) is 14.4 Å². The number of rotatable bonds is 33. The van der Waals surface area contributed by atoms with Crippen molar-refractivity contribution in [1.82, 2.24) is 14.7 Å². The van der Waals surface area contributed by atoms with E-state index in [0.29, 0.717) is 37.3 Å². The van der Waals surface area contributed by atoms with E-state index >= 15 is 0 Å². The SMILES string of the molecule is CCN(CCO)c1ccc(C[C@@H](O)C(=O)N(C)[C@@H](CC2CC2)C(=O)O[C@H](C)C(=O)N(C)[C@@H](CC2CC2)C(=O)O[C@H](Cc2ccc(N(CC)CCO)cc2)C(=O)N(C)[C@@H](CC2CC2)C(=O)O[C@H](C)C(=O)OCc2ccccc2)cc1. The Labute approximate surface area is 465 Å². The van der Waals surface area contributed by atoms with Crippen molar-refractivity contribution in [3.05, 3.63) is 95.6 Å². The number of amides is 3. The third kappa shape index (κ3) is 18.2. The van der Waals surface area contributed by atoms with Crippen LogP contribution < -0.4 is 9.80 Å². The highest BCUT2D eigenvalue weighted by Gasteiger charge is 2.43. The Morgan fingerprint density at radius 1 is 0.506 bits per heavy atom. The predicted octanol–water partition coefficient (Wildman–Crippen LogP) is 4.87. The van der Waals surface area contributed by atoms with Gasteiger partial charge in [0.05, 0.1) is 13.2 Å². The average molecular weight is 1100 g/mol. The van der Waals surface area contributed by atoms with Crippen molar-refractivity contribution in [2.75, 3.05) is 70.3 Å². The van der Waals surface area contributed by atoms with E-state index in [-0.39, 0.29) is 69.7 Å². The molecular weight excluding hydrogens is 1010 g/mol. The van der Waals surface area contributed by atoms with Crippen molar-refractivity contribution < 1.29 is 67.8 Å². The van der Waals surface area contributed by atoms with Crippen LogP contribution in [-0.4, -0.2) is 175 Å². The number of esters is 4. The normalized spacial score (nSPS) is 16.6. The number of nitrogens with zero attached hydrogens (tertiary/aromatic N) is 5. The molecule has 19 nitrogen and oxygen atoms in total. The Hall–Kier alpha value is -6.57. The van der Waals surface area contributed by atoms with Gasteiger partial charge in [0.15, 0.2) is 18.3 Å². The molecule has 432 valence electrons. The monoisotopic (exact) mass is 1100 g/mol. The highest BCUT2D eigenvalue weighted by molar-refractivity contribution is 5.93. The lowest BCUT2D eigenvalue weighted by molar-refractivity contribution is -0.175. The number of ether oxygens (including phenoxy) is 4. The van der Waals surface area contributed by atoms with Gasteiger partial charge in [-0.05, 0) is 106 Å². The van der Waals surface area contributed by atoms with Crippen molar-refractivity contribution in [1.29, 1.82) is 0 Å². The van der Waals surface area contributed by atoms with Crippen LogP contribution in [0.1, 0.15) is 102 Å². The van der Waals surface area contributed by atoms with Gasteiger partial charge in [-0.1, -0.05) is 93.1 Å². The molecule has 3 aromatic rings. The zero-order chi connectivity index (χ0) is 57.3. The van der Waals surface area contributed by atoms with E-state index in [1.807, 2.05) is 66.1 Å². The molecule has 0 spiro atoms. The van der Waals surface area contributed by atoms with Crippen LogP contribution in [0.15, 0.2) is 78.9 Å². The molecule has 3 amide bonds. The summed E-state index contributed by atoms with van der Waals surface area (Å²) in [6.45, 7) is 8.81. The fourth-order valence-corrected chi connectivity index (χ4v) is 9.69. The van der Waals surface area contributed by atoms with Crippen molar-refractivity contribution in [2.45, 2.75) is 147 Å². The fourth-order valence-electron chi connectivity index (χ4n) is 9.69. The molecular formula is C60H83N5O14. The van der Waals surface area contributed by atoms with E-state index in [2.05, 4.69) is 0 Å². The molecule has 0 aromatic heterocycles. The van der Waals surface area contributed by atoms with Gasteiger partial charge < -0.3 is 58.8 Å². The van der Waals surface area contributed by atoms with Gasteiger partial charge in [-0.15, -0.1) is 0 Å². The fraction of sp³-hybridized carbons (Fsp3) is 0.583. The van der Waals surface area contributed by atoms with Crippen molar-refractivity contribution >= 4 is 53.0 Å². The summed E-state index contributed by atoms with van der Waals surface area (Å²) >= 11 is 0. The number of hydrogen-bond acceptors (Lipinski definition) is 16. The smallest absolute Gasteiger partial charge is 0.347 e. The standard InChI is InChI=1S/C60H83N5O14/c1-8-64(29-31-66)47-25-21-44(22-26-47)36-52(68)55(70)62(6)49(33-41-15-16-41)58(73)77-39(3)54(69)61(5)51(35-43-19-20-43)60(75)79-53(37-45-23-27-48(28-24-45)65(9-2)30-32-67)56(71)63(7)50(34-42-17-18-42)59(74)78-40(4)57(72)76-38-46-13-11-10-12-14-46/h10-14,21-28,39-43,49-53,66-68H,8-9,15-20,29-38H2,1-7H3/t39-,40-,49+,50+,51+,52-,53-/m1/s1. The molecule has 3 aromatic carbocycles. The Kier molecular flexibility index (Phi) is 23.1. The maximum absolute atomic E-state index is 14.9. The van der Waals surface area contributed by atoms with E-state index in [9.17, 15) is 48.9 Å². The lowest BCUT2D eigenvalue weighted by Crippen LogP contribution is -2.53. The first-order valence-electron chi connectivity index (χ1n) is 28.1. The summed E-state index contributed by atoms with van der Waals surface area (Å²) in [7, 11) is 4.28. The maximum Gasteiger partial charge on any atom is 0.347 e. The van der Waals surface area contributed by atoms with Gasteiger partial charge in [0, 0.05) is 71.5 Å². The summed E-state index contributed by atoms with van der Waals surface area (Å²) < 4.78 is 23.1. The Morgan fingerprint density at radius 2 is 0.911 bits per heavy atom. The predicted molar refractivity (Wildman–Crippen MR) is 295 cm³/mol. The summed E-state index contributed by atoms with van der Waals surface area (Å²) in [5.41, 5.74) is 3.77. The van der Waals surface area contributed by atoms with Crippen LogP contribution in [0.2, 0.25) is 0 Å². The molecule has 3 fully saturated rings. The molecule has 0 saturated heterocycles. The number of anilines is 2. The van der Waals surface area contributed by atoms with Gasteiger partial charge >= 0.3 is 23.9 Å². The summed E-state index contributed by atoms with van der Waals surface area (Å²) in [5, 5.41) is 30.2. The quantitative estimate of drug-likeness (QED) is 0.0546. The number of likely N-dealkylation sites (N-methyl/N-ethyl adjacent to an activating group) is 5. The van der Waals surface area contributed by atoms with Crippen LogP contribution >= 0.6 is 0 Å². The number of hydrogen-bond donors (Lipinski definition) is 3. The molecule has 0 unspecified atom stereocenters. The minimum Gasteiger partial charge on any atom is -0.458 e. The second kappa shape index (κ2) is 29.6. The Bertz CT molecular complexity index is 2480. The van der Waals surface area contributed by atoms with Crippen LogP contribution in [0.25, 0.3) is 0 Å². The third-order valence-corrected chi connectivity index (χ3v) is 15.3. The van der Waals surface area contributed by atoms with E-state index in [1.165, 1.54) is 49.7 Å². The number of carbonyl (C=O) groups is 7. The second-order valence-electron chi connectivity index (χ2n) is 21.5. The highest BCUT2D eigenvalue weighted by Crippen LogP contribution is 2.38. The zero-order valence-corrected chi connectivity index (χ0v) is 47.1. The molecule has 3 aliphatic rings. The van der Waals surface area contributed by atoms with Crippen LogP contribution in [0.5, 0.6) is 0 Å². The van der Waals surface area contributed by atoms with E-state index in [1.54, 1.807) is 36.4 Å². The molecule has 7 atom stereocenters. The third-order valence-electron chi connectivity index (χ3n) is 15.3. The highest BCUT2D eigenvalue weighted by atomic mass is 16.6. The summed E-state index contributed by atoms with van der Waals surface area (Å²) in [6.07, 6.45) is -0.191. The molecule has 0 aliphatic heterocycles. The minimum absolute atomic E-state index is 0.00473. The van der Waals surface area contributed by atoms with E-state index < -0.39 is 84.1 Å². The molecule has 3 N–H and O–H groups in total. The number of benzene rings is 3. The summed E-state index contributed by atoms with van der Waals surface area (Å²) in [6, 6.07) is 20.1. The van der Waals surface area contributed by atoms with Crippen LogP contribution in [0, 0.1) is 17.8 Å². The van der Waals surface area contributed by atoms with Crippen molar-refractivity contribution in [3.63, 3.8) is 0 Å². The first-order chi connectivity index (χ1) is 37.8. The van der Waals surface area contributed by atoms with Gasteiger partial charge in [0.2, 0.25) is 0 Å². The lowest BCUT2D eigenvalue weighted by atomic mass is 10.0. The summed E-state index contributed by atoms with van der Waals surface area (Å²) in [4.78, 5) is 106. The van der Waals surface area contributed by atoms with Crippen LogP contribution in [-0.2, 0) is 72.0 Å². The zero-order valence-electron chi connectivity index (χ0n) is 47.1. The number of aliphatic hydroxyl groups excluding tert-OH is 3. The van der Waals surface area contributed by atoms with Crippen molar-refractivity contribution in [2.24, 2.45) is 17.8 Å². The van der Waals surface area contributed by atoms with E-state index in [0.717, 1.165) is 55.5 Å². The molecule has 0 bridgehead atoms. The van der Waals surface area contributed by atoms with Gasteiger partial charge in [0.1, 0.15) is 30.8 Å². The summed E-state index contributed by atoms with van der Waals surface area (Å²) in [5.74, 6) is -5.10. The molecule has 79 heavy (non-hydrogen) atoms. The second-order valence-corrected chi connectivity index (χ2v) is 21.5. The van der Waals surface area contributed by atoms with Crippen LogP contribution in [0.4, 0.5) is 11.4 Å². The van der Waals surface area contributed by atoms with Crippen LogP contribution in [0.3, 0.4) is 0 Å². The van der Waals surface area contributed by atoms with Crippen molar-refractivity contribution in [3.8, 4) is 0 Å². The topological polar surface area (TPSA) is 233 Å². The average Bonchev–Trinajstić information content (AvgIpc) is 4.31. The molecule has 0 radical (unpaired) electrons. The Morgan fingerprint density at radius 3 is 1.34 bits per heavy atom. The molecule has 3 aliphatic carbocycles. The first-order valence-corrected chi connectivity index (χ1v) is 28.1. The molecule has 0 heterocycles. The number of carbonyl (C=O) groups excluding carboxylic acids is 7. The first kappa shape index (κ1) is 61.6. The maximum atomic E-state index is 14.9. The molecule has 6 rings (SSSR count). The van der Waals surface area contributed by atoms with Gasteiger partial charge in [-0.25, -0.2) is 19.2 Å². The van der Waals surface area contributed by atoms with E-state index in [4.69, 9.17) is 18.9 Å². The number of aliphatic hydroxyl groups is 3. The molecule has 19 heteroatoms. The van der Waals surface area contributed by atoms with Gasteiger partial charge in [0.25, 0.3) is 17.7 Å². The largest absolute Gasteiger partial charge is 0.458 e. The minimum atomic E-state index is -1.50. The lowest BCUT2D eigenvalue weighted by Gasteiger charge is -2.33.